The van der Waals surface area contributed by atoms with Crippen LogP contribution in [-0.2, 0) is 0 Å². The lowest BCUT2D eigenvalue weighted by atomic mass is 10.0. The zero-order valence-electron chi connectivity index (χ0n) is 18.2. The number of nitrogens with zero attached hydrogens (tertiary/aromatic N) is 3. The molecule has 0 saturated carbocycles. The van der Waals surface area contributed by atoms with Crippen LogP contribution in [0.3, 0.4) is 0 Å². The number of rotatable bonds is 5. The molecule has 1 atom stereocenters. The van der Waals surface area contributed by atoms with E-state index >= 15 is 0 Å². The molecular weight excluding hydrogens is 392 g/mol. The summed E-state index contributed by atoms with van der Waals surface area (Å²) in [6.07, 6.45) is 0. The van der Waals surface area contributed by atoms with E-state index in [2.05, 4.69) is 28.4 Å². The van der Waals surface area contributed by atoms with E-state index in [-0.39, 0.29) is 6.04 Å². The molecule has 1 aliphatic heterocycles. The lowest BCUT2D eigenvalue weighted by Gasteiger charge is -2.35. The average Bonchev–Trinajstić information content (AvgIpc) is 2.82. The van der Waals surface area contributed by atoms with Crippen molar-refractivity contribution in [3.63, 3.8) is 0 Å². The van der Waals surface area contributed by atoms with Gasteiger partial charge in [0.1, 0.15) is 17.6 Å². The Kier molecular flexibility index (Phi) is 5.83. The Morgan fingerprint density at radius 3 is 2.48 bits per heavy atom. The Hall–Kier alpha value is -3.50. The highest BCUT2D eigenvalue weighted by molar-refractivity contribution is 5.98. The molecule has 1 saturated heterocycles. The number of methoxy groups -OCH3 is 3. The number of hydrogen-bond donors (Lipinski definition) is 1. The highest BCUT2D eigenvalue weighted by atomic mass is 16.5. The second-order valence-corrected chi connectivity index (χ2v) is 7.49. The number of nitriles is 1. The highest BCUT2D eigenvalue weighted by Crippen LogP contribution is 2.39. The fourth-order valence-corrected chi connectivity index (χ4v) is 4.15. The Labute approximate surface area is 182 Å². The molecule has 3 aromatic rings. The number of nitrogens with one attached hydrogen (secondary N) is 1. The second kappa shape index (κ2) is 8.70. The van der Waals surface area contributed by atoms with E-state index in [1.807, 2.05) is 31.2 Å². The number of aromatic nitrogens is 1. The molecule has 160 valence electrons. The van der Waals surface area contributed by atoms with Gasteiger partial charge in [0.2, 0.25) is 0 Å². The van der Waals surface area contributed by atoms with Gasteiger partial charge in [0, 0.05) is 30.4 Å². The molecule has 7 heteroatoms. The molecule has 0 bridgehead atoms. The van der Waals surface area contributed by atoms with Gasteiger partial charge in [0.25, 0.3) is 0 Å². The largest absolute Gasteiger partial charge is 0.497 e. The maximum Gasteiger partial charge on any atom is 0.161 e. The normalized spacial score (nSPS) is 16.1. The molecule has 2 aromatic carbocycles. The van der Waals surface area contributed by atoms with E-state index in [9.17, 15) is 5.26 Å². The van der Waals surface area contributed by atoms with Crippen LogP contribution in [0.1, 0.15) is 22.9 Å². The van der Waals surface area contributed by atoms with Crippen LogP contribution in [0.15, 0.2) is 36.4 Å². The minimum atomic E-state index is 0.136. The van der Waals surface area contributed by atoms with Gasteiger partial charge in [0.15, 0.2) is 11.5 Å². The Morgan fingerprint density at radius 2 is 1.81 bits per heavy atom. The number of pyridine rings is 1. The van der Waals surface area contributed by atoms with E-state index in [4.69, 9.17) is 19.2 Å². The van der Waals surface area contributed by atoms with Gasteiger partial charge < -0.3 is 24.4 Å². The van der Waals surface area contributed by atoms with Crippen molar-refractivity contribution < 1.29 is 14.2 Å². The average molecular weight is 418 g/mol. The minimum Gasteiger partial charge on any atom is -0.497 e. The zero-order valence-corrected chi connectivity index (χ0v) is 18.2. The molecule has 1 aliphatic rings. The fraction of sp³-hybridized carbons (Fsp3) is 0.333. The number of hydrogen-bond acceptors (Lipinski definition) is 7. The van der Waals surface area contributed by atoms with Gasteiger partial charge in [-0.25, -0.2) is 4.98 Å². The third kappa shape index (κ3) is 3.82. The lowest BCUT2D eigenvalue weighted by molar-refractivity contribution is 0.356. The van der Waals surface area contributed by atoms with Gasteiger partial charge in [-0.3, -0.25) is 0 Å². The first-order chi connectivity index (χ1) is 15.1. The molecule has 1 N–H and O–H groups in total. The van der Waals surface area contributed by atoms with E-state index < -0.39 is 0 Å². The van der Waals surface area contributed by atoms with Gasteiger partial charge in [-0.15, -0.1) is 0 Å². The molecule has 0 spiro atoms. The van der Waals surface area contributed by atoms with Crippen LogP contribution in [0.4, 0.5) is 5.82 Å². The maximum absolute atomic E-state index is 9.75. The van der Waals surface area contributed by atoms with Crippen molar-refractivity contribution in [1.82, 2.24) is 10.3 Å². The van der Waals surface area contributed by atoms with Gasteiger partial charge in [0.05, 0.1) is 38.6 Å². The molecule has 1 fully saturated rings. The third-order valence-corrected chi connectivity index (χ3v) is 5.75. The first-order valence-electron chi connectivity index (χ1n) is 10.2. The summed E-state index contributed by atoms with van der Waals surface area (Å²) >= 11 is 0. The summed E-state index contributed by atoms with van der Waals surface area (Å²) in [4.78, 5) is 7.11. The van der Waals surface area contributed by atoms with Gasteiger partial charge in [-0.1, -0.05) is 12.1 Å². The SMILES string of the molecule is COc1cccc(C2CN(c3nc(C)c(C#N)c4cc(OC)c(OC)cc34)CCN2)c1. The van der Waals surface area contributed by atoms with Gasteiger partial charge in [-0.2, -0.15) is 5.26 Å². The molecule has 1 unspecified atom stereocenters. The predicted molar refractivity (Wildman–Crippen MR) is 120 cm³/mol. The van der Waals surface area contributed by atoms with Crippen LogP contribution in [0.25, 0.3) is 10.8 Å². The monoisotopic (exact) mass is 418 g/mol. The van der Waals surface area contributed by atoms with E-state index in [1.54, 1.807) is 21.3 Å². The first-order valence-corrected chi connectivity index (χ1v) is 10.2. The Balaban J connectivity index is 1.80. The second-order valence-electron chi connectivity index (χ2n) is 7.49. The van der Waals surface area contributed by atoms with Crippen molar-refractivity contribution in [3.05, 3.63) is 53.2 Å². The molecule has 4 rings (SSSR count). The molecule has 2 heterocycles. The molecule has 0 radical (unpaired) electrons. The van der Waals surface area contributed by atoms with Crippen molar-refractivity contribution in [2.45, 2.75) is 13.0 Å². The number of anilines is 1. The summed E-state index contributed by atoms with van der Waals surface area (Å²) in [6, 6.07) is 14.3. The van der Waals surface area contributed by atoms with Crippen molar-refractivity contribution in [1.29, 1.82) is 5.26 Å². The Morgan fingerprint density at radius 1 is 1.06 bits per heavy atom. The van der Waals surface area contributed by atoms with Crippen molar-refractivity contribution in [2.24, 2.45) is 0 Å². The van der Waals surface area contributed by atoms with Crippen LogP contribution < -0.4 is 24.4 Å². The molecule has 0 aliphatic carbocycles. The summed E-state index contributed by atoms with van der Waals surface area (Å²) in [5, 5.41) is 15.0. The summed E-state index contributed by atoms with van der Waals surface area (Å²) in [6.45, 7) is 4.24. The van der Waals surface area contributed by atoms with E-state index in [1.165, 1.54) is 0 Å². The molecule has 1 aromatic heterocycles. The number of benzene rings is 2. The molecule has 0 amide bonds. The number of ether oxygens (including phenoxy) is 3. The van der Waals surface area contributed by atoms with Gasteiger partial charge >= 0.3 is 0 Å². The van der Waals surface area contributed by atoms with Crippen molar-refractivity contribution >= 4 is 16.6 Å². The predicted octanol–water partition coefficient (Wildman–Crippen LogP) is 3.59. The topological polar surface area (TPSA) is 79.6 Å². The van der Waals surface area contributed by atoms with Crippen LogP contribution >= 0.6 is 0 Å². The fourth-order valence-electron chi connectivity index (χ4n) is 4.15. The van der Waals surface area contributed by atoms with Crippen LogP contribution in [-0.4, -0.2) is 45.9 Å². The molecule has 7 nitrogen and oxygen atoms in total. The number of fused-ring (bicyclic) bond motifs is 1. The van der Waals surface area contributed by atoms with Crippen molar-refractivity contribution in [3.8, 4) is 23.3 Å². The standard InChI is InChI=1S/C24H26N4O3/c1-15-20(13-25)18-11-22(30-3)23(31-4)12-19(18)24(27-15)28-9-8-26-21(14-28)16-6-5-7-17(10-16)29-2/h5-7,10-12,21,26H,8-9,14H2,1-4H3. The molecular formula is C24H26N4O3. The third-order valence-electron chi connectivity index (χ3n) is 5.75. The molecule has 31 heavy (non-hydrogen) atoms. The first kappa shape index (κ1) is 20.8. The van der Waals surface area contributed by atoms with Crippen LogP contribution in [0.5, 0.6) is 17.2 Å². The zero-order chi connectivity index (χ0) is 22.0. The summed E-state index contributed by atoms with van der Waals surface area (Å²) in [5.41, 5.74) is 2.42. The maximum atomic E-state index is 9.75. The van der Waals surface area contributed by atoms with Crippen LogP contribution in [0, 0.1) is 18.3 Å². The quantitative estimate of drug-likeness (QED) is 0.678. The summed E-state index contributed by atoms with van der Waals surface area (Å²) in [7, 11) is 4.89. The highest BCUT2D eigenvalue weighted by Gasteiger charge is 2.25. The van der Waals surface area contributed by atoms with Crippen molar-refractivity contribution in [2.75, 3.05) is 45.9 Å². The van der Waals surface area contributed by atoms with E-state index in [0.717, 1.165) is 47.5 Å². The number of piperazine rings is 1. The van der Waals surface area contributed by atoms with Gasteiger partial charge in [-0.05, 0) is 36.8 Å². The Bertz CT molecular complexity index is 1160. The van der Waals surface area contributed by atoms with Crippen LogP contribution in [0.2, 0.25) is 0 Å². The minimum absolute atomic E-state index is 0.136. The summed E-state index contributed by atoms with van der Waals surface area (Å²) in [5.74, 6) is 2.90. The lowest BCUT2D eigenvalue weighted by Crippen LogP contribution is -2.46. The summed E-state index contributed by atoms with van der Waals surface area (Å²) < 4.78 is 16.4. The smallest absolute Gasteiger partial charge is 0.161 e. The van der Waals surface area contributed by atoms with E-state index in [0.29, 0.717) is 22.8 Å². The number of aryl methyl sites for hydroxylation is 1.